The molecule has 182 valence electrons. The molecule has 0 aliphatic rings. The van der Waals surface area contributed by atoms with Gasteiger partial charge in [0.2, 0.25) is 0 Å². The number of hydrogen-bond acceptors (Lipinski definition) is 3. The Bertz CT molecular complexity index is 1390. The van der Waals surface area contributed by atoms with Crippen LogP contribution < -0.4 is 5.32 Å². The Morgan fingerprint density at radius 3 is 2.09 bits per heavy atom. The van der Waals surface area contributed by atoms with Crippen LogP contribution in [0.1, 0.15) is 27.0 Å². The zero-order valence-electron chi connectivity index (χ0n) is 17.2. The largest absolute Gasteiger partial charge is 0.416 e. The molecule has 4 aromatic rings. The van der Waals surface area contributed by atoms with Crippen molar-refractivity contribution in [3.05, 3.63) is 88.6 Å². The highest BCUT2D eigenvalue weighted by Crippen LogP contribution is 2.38. The lowest BCUT2D eigenvalue weighted by Crippen LogP contribution is -2.23. The van der Waals surface area contributed by atoms with Gasteiger partial charge in [-0.15, -0.1) is 10.2 Å². The van der Waals surface area contributed by atoms with Gasteiger partial charge in [0.1, 0.15) is 0 Å². The Kier molecular flexibility index (Phi) is 5.95. The Morgan fingerprint density at radius 1 is 0.829 bits per heavy atom. The Balaban J connectivity index is 1.69. The van der Waals surface area contributed by atoms with E-state index >= 15 is 0 Å². The average Bonchev–Trinajstić information content (AvgIpc) is 3.21. The first-order valence-electron chi connectivity index (χ1n) is 9.70. The molecule has 35 heavy (non-hydrogen) atoms. The Morgan fingerprint density at radius 2 is 1.49 bits per heavy atom. The summed E-state index contributed by atoms with van der Waals surface area (Å²) in [5, 5.41) is 9.88. The van der Waals surface area contributed by atoms with Crippen LogP contribution in [0.3, 0.4) is 0 Å². The average molecular weight is 500 g/mol. The molecule has 0 unspecified atom stereocenters. The third kappa shape index (κ3) is 5.08. The molecule has 2 heterocycles. The maximum absolute atomic E-state index is 13.3. The van der Waals surface area contributed by atoms with E-state index in [2.05, 4.69) is 15.5 Å². The smallest absolute Gasteiger partial charge is 0.348 e. The van der Waals surface area contributed by atoms with Crippen molar-refractivity contribution >= 4 is 11.6 Å². The molecule has 2 aromatic carbocycles. The first-order valence-corrected chi connectivity index (χ1v) is 9.70. The van der Waals surface area contributed by atoms with Crippen molar-refractivity contribution in [3.63, 3.8) is 0 Å². The van der Waals surface area contributed by atoms with Crippen LogP contribution in [0, 0.1) is 11.6 Å². The molecule has 1 N–H and O–H groups in total. The minimum absolute atomic E-state index is 0.0100. The second kappa shape index (κ2) is 8.64. The fourth-order valence-electron chi connectivity index (χ4n) is 3.24. The van der Waals surface area contributed by atoms with Crippen LogP contribution in [0.25, 0.3) is 17.0 Å². The van der Waals surface area contributed by atoms with Crippen molar-refractivity contribution in [2.75, 3.05) is 0 Å². The minimum atomic E-state index is -5.05. The number of aromatic nitrogens is 3. The number of rotatable bonds is 4. The number of pyridine rings is 1. The van der Waals surface area contributed by atoms with Crippen LogP contribution in [-0.4, -0.2) is 20.5 Å². The molecule has 4 rings (SSSR count). The van der Waals surface area contributed by atoms with Crippen LogP contribution in [0.2, 0.25) is 0 Å². The van der Waals surface area contributed by atoms with Gasteiger partial charge in [-0.25, -0.2) is 8.78 Å². The molecule has 0 atom stereocenters. The summed E-state index contributed by atoms with van der Waals surface area (Å²) >= 11 is 0. The van der Waals surface area contributed by atoms with Gasteiger partial charge in [0.05, 0.1) is 16.7 Å². The molecule has 2 aromatic heterocycles. The molecule has 5 nitrogen and oxygen atoms in total. The highest BCUT2D eigenvalue weighted by atomic mass is 19.4. The lowest BCUT2D eigenvalue weighted by atomic mass is 10.0. The van der Waals surface area contributed by atoms with E-state index in [1.54, 1.807) is 0 Å². The highest BCUT2D eigenvalue weighted by molar-refractivity contribution is 5.94. The maximum atomic E-state index is 13.3. The third-order valence-electron chi connectivity index (χ3n) is 4.95. The summed E-state index contributed by atoms with van der Waals surface area (Å²) in [4.78, 5) is 12.5. The number of carbonyl (C=O) groups excluding carboxylic acids is 1. The highest BCUT2D eigenvalue weighted by Gasteiger charge is 2.37. The number of hydrogen-bond donors (Lipinski definition) is 1. The van der Waals surface area contributed by atoms with Gasteiger partial charge in [0.25, 0.3) is 5.91 Å². The van der Waals surface area contributed by atoms with Crippen molar-refractivity contribution in [1.82, 2.24) is 19.9 Å². The second-order valence-corrected chi connectivity index (χ2v) is 7.40. The van der Waals surface area contributed by atoms with Crippen molar-refractivity contribution < 1.29 is 39.9 Å². The van der Waals surface area contributed by atoms with Gasteiger partial charge in [0, 0.05) is 18.3 Å². The monoisotopic (exact) mass is 500 g/mol. The summed E-state index contributed by atoms with van der Waals surface area (Å²) < 4.78 is 107. The van der Waals surface area contributed by atoms with Crippen molar-refractivity contribution in [1.29, 1.82) is 0 Å². The molecule has 13 heteroatoms. The summed E-state index contributed by atoms with van der Waals surface area (Å²) in [6.07, 6.45) is -8.97. The molecule has 0 fully saturated rings. The van der Waals surface area contributed by atoms with Crippen molar-refractivity contribution in [2.24, 2.45) is 0 Å². The topological polar surface area (TPSA) is 59.3 Å². The van der Waals surface area contributed by atoms with Gasteiger partial charge in [-0.3, -0.25) is 9.20 Å². The van der Waals surface area contributed by atoms with Crippen molar-refractivity contribution in [2.45, 2.75) is 18.9 Å². The number of halogens is 8. The maximum Gasteiger partial charge on any atom is 0.416 e. The predicted octanol–water partition coefficient (Wildman–Crippen LogP) is 5.64. The molecule has 0 aliphatic heterocycles. The lowest BCUT2D eigenvalue weighted by Gasteiger charge is -2.13. The number of nitrogens with zero attached hydrogens (tertiary/aromatic N) is 3. The van der Waals surface area contributed by atoms with Crippen LogP contribution in [0.15, 0.2) is 54.7 Å². The number of alkyl halides is 6. The second-order valence-electron chi connectivity index (χ2n) is 7.40. The normalized spacial score (nSPS) is 12.2. The van der Waals surface area contributed by atoms with Crippen LogP contribution in [-0.2, 0) is 18.9 Å². The molecule has 0 spiro atoms. The van der Waals surface area contributed by atoms with Gasteiger partial charge in [-0.2, -0.15) is 26.3 Å². The van der Waals surface area contributed by atoms with E-state index in [0.29, 0.717) is 12.1 Å². The van der Waals surface area contributed by atoms with E-state index in [0.717, 1.165) is 22.7 Å². The fourth-order valence-corrected chi connectivity index (χ4v) is 3.24. The number of benzene rings is 2. The number of amides is 1. The third-order valence-corrected chi connectivity index (χ3v) is 4.95. The summed E-state index contributed by atoms with van der Waals surface area (Å²) in [5.74, 6) is -3.22. The molecule has 1 amide bonds. The van der Waals surface area contributed by atoms with Gasteiger partial charge in [-0.05, 0) is 48.0 Å². The van der Waals surface area contributed by atoms with E-state index in [1.165, 1.54) is 18.2 Å². The summed E-state index contributed by atoms with van der Waals surface area (Å²) in [7, 11) is 0. The molecule has 0 aliphatic carbocycles. The molecular weight excluding hydrogens is 488 g/mol. The molecule has 0 radical (unpaired) electrons. The van der Waals surface area contributed by atoms with Gasteiger partial charge in [0.15, 0.2) is 23.1 Å². The van der Waals surface area contributed by atoms with Gasteiger partial charge >= 0.3 is 12.4 Å². The lowest BCUT2D eigenvalue weighted by molar-refractivity contribution is -0.143. The number of fused-ring (bicyclic) bond motifs is 1. The zero-order chi connectivity index (χ0) is 25.5. The first-order chi connectivity index (χ1) is 16.3. The summed E-state index contributed by atoms with van der Waals surface area (Å²) in [6, 6.07) is 6.63. The summed E-state index contributed by atoms with van der Waals surface area (Å²) in [6.45, 7) is -0.175. The predicted molar refractivity (Wildman–Crippen MR) is 106 cm³/mol. The molecule has 0 bridgehead atoms. The van der Waals surface area contributed by atoms with E-state index < -0.39 is 46.6 Å². The van der Waals surface area contributed by atoms with E-state index in [9.17, 15) is 39.9 Å². The van der Waals surface area contributed by atoms with Gasteiger partial charge < -0.3 is 5.32 Å². The zero-order valence-corrected chi connectivity index (χ0v) is 17.2. The Hall–Kier alpha value is -4.03. The molecular formula is C22H12F8N4O. The van der Waals surface area contributed by atoms with Crippen LogP contribution in [0.4, 0.5) is 35.1 Å². The van der Waals surface area contributed by atoms with E-state index in [4.69, 9.17) is 0 Å². The summed E-state index contributed by atoms with van der Waals surface area (Å²) in [5.41, 5.74) is -3.29. The van der Waals surface area contributed by atoms with Crippen LogP contribution >= 0.6 is 0 Å². The first kappa shape index (κ1) is 24.1. The fraction of sp³-hybridized carbons (Fsp3) is 0.136. The van der Waals surface area contributed by atoms with Crippen LogP contribution in [0.5, 0.6) is 0 Å². The number of nitrogens with one attached hydrogen (secondary N) is 1. The Labute approximate surface area is 191 Å². The molecule has 0 saturated heterocycles. The standard InChI is InChI=1S/C22H12F8N4O/c23-16-3-1-11(5-17(16)24)9-31-20(35)12-2-4-18-32-33-19(34(18)10-12)13-6-14(21(25,26)27)8-15(7-13)22(28,29)30/h1-8,10H,9H2,(H,31,35). The van der Waals surface area contributed by atoms with E-state index in [-0.39, 0.29) is 35.2 Å². The minimum Gasteiger partial charge on any atom is -0.348 e. The number of carbonyl (C=O) groups is 1. The molecule has 0 saturated carbocycles. The SMILES string of the molecule is O=C(NCc1ccc(F)c(F)c1)c1ccc2nnc(-c3cc(C(F)(F)F)cc(C(F)(F)F)c3)n2c1. The van der Waals surface area contributed by atoms with Crippen molar-refractivity contribution in [3.8, 4) is 11.4 Å². The van der Waals surface area contributed by atoms with Gasteiger partial charge in [-0.1, -0.05) is 6.07 Å². The van der Waals surface area contributed by atoms with E-state index in [1.807, 2.05) is 0 Å². The quantitative estimate of drug-likeness (QED) is 0.369.